The Morgan fingerprint density at radius 1 is 1.38 bits per heavy atom. The van der Waals surface area contributed by atoms with Crippen LogP contribution < -0.4 is 5.56 Å². The number of nitrogens with zero attached hydrogens (tertiary/aromatic N) is 1. The highest BCUT2D eigenvalue weighted by molar-refractivity contribution is 7.99. The quantitative estimate of drug-likeness (QED) is 0.502. The van der Waals surface area contributed by atoms with Gasteiger partial charge >= 0.3 is 0 Å². The van der Waals surface area contributed by atoms with Gasteiger partial charge in [-0.05, 0) is 18.6 Å². The van der Waals surface area contributed by atoms with Crippen LogP contribution in [-0.4, -0.2) is 15.7 Å². The monoisotopic (exact) mass is 234 g/mol. The minimum atomic E-state index is -0.0513. The summed E-state index contributed by atoms with van der Waals surface area (Å²) < 4.78 is 0. The van der Waals surface area contributed by atoms with E-state index in [1.807, 2.05) is 18.2 Å². The summed E-state index contributed by atoms with van der Waals surface area (Å²) in [6, 6.07) is 7.41. The van der Waals surface area contributed by atoms with E-state index in [0.29, 0.717) is 5.39 Å². The molecule has 4 heteroatoms. The first-order valence-electron chi connectivity index (χ1n) is 5.43. The van der Waals surface area contributed by atoms with E-state index in [4.69, 9.17) is 0 Å². The van der Waals surface area contributed by atoms with Gasteiger partial charge in [0.2, 0.25) is 0 Å². The van der Waals surface area contributed by atoms with Crippen LogP contribution in [0.15, 0.2) is 34.2 Å². The van der Waals surface area contributed by atoms with Crippen LogP contribution in [0.1, 0.15) is 19.8 Å². The van der Waals surface area contributed by atoms with Crippen molar-refractivity contribution in [2.75, 3.05) is 5.75 Å². The minimum absolute atomic E-state index is 0.0513. The minimum Gasteiger partial charge on any atom is -0.301 e. The van der Waals surface area contributed by atoms with Gasteiger partial charge in [0.15, 0.2) is 5.16 Å². The lowest BCUT2D eigenvalue weighted by Crippen LogP contribution is -2.08. The Morgan fingerprint density at radius 2 is 2.19 bits per heavy atom. The molecular formula is C12H14N2OS. The van der Waals surface area contributed by atoms with Gasteiger partial charge in [0.25, 0.3) is 5.56 Å². The highest BCUT2D eigenvalue weighted by atomic mass is 32.2. The molecule has 84 valence electrons. The number of unbranched alkanes of at least 4 members (excludes halogenated alkanes) is 1. The summed E-state index contributed by atoms with van der Waals surface area (Å²) in [4.78, 5) is 18.9. The van der Waals surface area contributed by atoms with Gasteiger partial charge < -0.3 is 4.98 Å². The first-order valence-corrected chi connectivity index (χ1v) is 6.41. The zero-order valence-electron chi connectivity index (χ0n) is 9.19. The first kappa shape index (κ1) is 11.2. The fraction of sp³-hybridized carbons (Fsp3) is 0.333. The molecule has 1 heterocycles. The Labute approximate surface area is 98.3 Å². The molecule has 0 unspecified atom stereocenters. The number of hydrogen-bond acceptors (Lipinski definition) is 3. The molecule has 0 saturated carbocycles. The van der Waals surface area contributed by atoms with Crippen LogP contribution in [0.4, 0.5) is 0 Å². The number of para-hydroxylation sites is 1. The average Bonchev–Trinajstić information content (AvgIpc) is 2.30. The number of hydrogen-bond donors (Lipinski definition) is 1. The Bertz CT molecular complexity index is 536. The predicted octanol–water partition coefficient (Wildman–Crippen LogP) is 2.82. The van der Waals surface area contributed by atoms with Gasteiger partial charge in [-0.25, -0.2) is 4.98 Å². The highest BCUT2D eigenvalue weighted by Crippen LogP contribution is 2.15. The largest absolute Gasteiger partial charge is 0.301 e. The van der Waals surface area contributed by atoms with Gasteiger partial charge in [-0.1, -0.05) is 37.2 Å². The summed E-state index contributed by atoms with van der Waals surface area (Å²) in [5, 5.41) is 1.37. The van der Waals surface area contributed by atoms with Crippen molar-refractivity contribution in [3.05, 3.63) is 34.6 Å². The van der Waals surface area contributed by atoms with Crippen molar-refractivity contribution in [2.24, 2.45) is 0 Å². The molecule has 1 N–H and O–H groups in total. The van der Waals surface area contributed by atoms with Crippen LogP contribution in [0.3, 0.4) is 0 Å². The van der Waals surface area contributed by atoms with Gasteiger partial charge in [0.1, 0.15) is 0 Å². The zero-order valence-corrected chi connectivity index (χ0v) is 10.0. The SMILES string of the molecule is CCCCSc1nc2ccccc2c(=O)[nH]1. The van der Waals surface area contributed by atoms with E-state index in [1.165, 1.54) is 0 Å². The third-order valence-corrected chi connectivity index (χ3v) is 3.29. The van der Waals surface area contributed by atoms with Gasteiger partial charge in [-0.15, -0.1) is 0 Å². The van der Waals surface area contributed by atoms with E-state index in [2.05, 4.69) is 16.9 Å². The molecule has 0 amide bonds. The molecule has 1 aromatic carbocycles. The molecule has 16 heavy (non-hydrogen) atoms. The van der Waals surface area contributed by atoms with E-state index in [1.54, 1.807) is 17.8 Å². The number of rotatable bonds is 4. The molecule has 2 rings (SSSR count). The summed E-state index contributed by atoms with van der Waals surface area (Å²) in [6.07, 6.45) is 2.30. The number of aromatic amines is 1. The molecule has 0 spiro atoms. The number of nitrogens with one attached hydrogen (secondary N) is 1. The lowest BCUT2D eigenvalue weighted by atomic mass is 10.2. The van der Waals surface area contributed by atoms with Gasteiger partial charge in [0, 0.05) is 5.75 Å². The number of thioether (sulfide) groups is 1. The van der Waals surface area contributed by atoms with Gasteiger partial charge in [0.05, 0.1) is 10.9 Å². The molecule has 0 bridgehead atoms. The van der Waals surface area contributed by atoms with Crippen LogP contribution in [0.25, 0.3) is 10.9 Å². The van der Waals surface area contributed by atoms with E-state index < -0.39 is 0 Å². The van der Waals surface area contributed by atoms with Crippen molar-refractivity contribution in [2.45, 2.75) is 24.9 Å². The van der Waals surface area contributed by atoms with Crippen LogP contribution in [0.5, 0.6) is 0 Å². The van der Waals surface area contributed by atoms with E-state index >= 15 is 0 Å². The number of benzene rings is 1. The Hall–Kier alpha value is -1.29. The lowest BCUT2D eigenvalue weighted by Gasteiger charge is -2.01. The Kier molecular flexibility index (Phi) is 3.62. The first-order chi connectivity index (χ1) is 7.81. The van der Waals surface area contributed by atoms with Gasteiger partial charge in [-0.2, -0.15) is 0 Å². The maximum absolute atomic E-state index is 11.7. The van der Waals surface area contributed by atoms with Crippen molar-refractivity contribution in [3.8, 4) is 0 Å². The molecule has 0 aliphatic rings. The van der Waals surface area contributed by atoms with Crippen LogP contribution in [0.2, 0.25) is 0 Å². The van der Waals surface area contributed by atoms with Crippen molar-refractivity contribution in [1.82, 2.24) is 9.97 Å². The molecule has 0 saturated heterocycles. The molecule has 0 fully saturated rings. The fourth-order valence-electron chi connectivity index (χ4n) is 1.45. The lowest BCUT2D eigenvalue weighted by molar-refractivity contribution is 0.889. The summed E-state index contributed by atoms with van der Waals surface area (Å²) in [7, 11) is 0. The average molecular weight is 234 g/mol. The summed E-state index contributed by atoms with van der Waals surface area (Å²) in [5.41, 5.74) is 0.717. The maximum atomic E-state index is 11.7. The third kappa shape index (κ3) is 2.44. The number of aromatic nitrogens is 2. The molecule has 0 atom stereocenters. The van der Waals surface area contributed by atoms with Crippen LogP contribution >= 0.6 is 11.8 Å². The second kappa shape index (κ2) is 5.16. The molecule has 1 aromatic heterocycles. The standard InChI is InChI=1S/C12H14N2OS/c1-2-3-8-16-12-13-10-7-5-4-6-9(10)11(15)14-12/h4-7H,2-3,8H2,1H3,(H,13,14,15). The summed E-state index contributed by atoms with van der Waals surface area (Å²) in [6.45, 7) is 2.15. The highest BCUT2D eigenvalue weighted by Gasteiger charge is 2.02. The molecule has 0 aliphatic heterocycles. The second-order valence-electron chi connectivity index (χ2n) is 3.59. The van der Waals surface area contributed by atoms with Gasteiger partial charge in [-0.3, -0.25) is 4.79 Å². The van der Waals surface area contributed by atoms with Crippen molar-refractivity contribution >= 4 is 22.7 Å². The van der Waals surface area contributed by atoms with Crippen LogP contribution in [0, 0.1) is 0 Å². The normalized spacial score (nSPS) is 10.8. The van der Waals surface area contributed by atoms with E-state index in [0.717, 1.165) is 29.3 Å². The number of fused-ring (bicyclic) bond motifs is 1. The number of H-pyrrole nitrogens is 1. The van der Waals surface area contributed by atoms with E-state index in [-0.39, 0.29) is 5.56 Å². The topological polar surface area (TPSA) is 45.8 Å². The second-order valence-corrected chi connectivity index (χ2v) is 4.67. The molecule has 0 radical (unpaired) electrons. The molecular weight excluding hydrogens is 220 g/mol. The van der Waals surface area contributed by atoms with Crippen molar-refractivity contribution < 1.29 is 0 Å². The molecule has 2 aromatic rings. The maximum Gasteiger partial charge on any atom is 0.259 e. The van der Waals surface area contributed by atoms with Crippen LogP contribution in [-0.2, 0) is 0 Å². The zero-order chi connectivity index (χ0) is 11.4. The summed E-state index contributed by atoms with van der Waals surface area (Å²) >= 11 is 1.61. The smallest absolute Gasteiger partial charge is 0.259 e. The predicted molar refractivity (Wildman–Crippen MR) is 68.0 cm³/mol. The summed E-state index contributed by atoms with van der Waals surface area (Å²) in [5.74, 6) is 0.998. The van der Waals surface area contributed by atoms with Crippen molar-refractivity contribution in [1.29, 1.82) is 0 Å². The van der Waals surface area contributed by atoms with Crippen molar-refractivity contribution in [3.63, 3.8) is 0 Å². The van der Waals surface area contributed by atoms with E-state index in [9.17, 15) is 4.79 Å². The third-order valence-electron chi connectivity index (χ3n) is 2.33. The Morgan fingerprint density at radius 3 is 3.00 bits per heavy atom. The Balaban J connectivity index is 2.31. The fourth-order valence-corrected chi connectivity index (χ4v) is 2.40. The molecule has 3 nitrogen and oxygen atoms in total. The molecule has 0 aliphatic carbocycles.